The van der Waals surface area contributed by atoms with Gasteiger partial charge < -0.3 is 19.9 Å². The van der Waals surface area contributed by atoms with Gasteiger partial charge in [0, 0.05) is 23.7 Å². The summed E-state index contributed by atoms with van der Waals surface area (Å²) in [5.41, 5.74) is 25.3. The summed E-state index contributed by atoms with van der Waals surface area (Å²) in [6, 6.07) is 9.58. The van der Waals surface area contributed by atoms with Crippen molar-refractivity contribution in [1.82, 2.24) is 9.97 Å². The fourth-order valence-electron chi connectivity index (χ4n) is 2.93. The lowest BCUT2D eigenvalue weighted by atomic mass is 10.0. The fourth-order valence-corrected chi connectivity index (χ4v) is 3.65. The van der Waals surface area contributed by atoms with Gasteiger partial charge >= 0.3 is 0 Å². The van der Waals surface area contributed by atoms with E-state index in [1.165, 1.54) is 11.3 Å². The third kappa shape index (κ3) is 7.02. The molecule has 3 heterocycles. The molecule has 0 saturated heterocycles. The molecule has 0 fully saturated rings. The second-order valence-electron chi connectivity index (χ2n) is 6.71. The number of rotatable bonds is 5. The molecule has 2 N–H and O–H groups in total. The van der Waals surface area contributed by atoms with Crippen LogP contribution in [0.15, 0.2) is 89.1 Å². The molecule has 3 aromatic rings. The van der Waals surface area contributed by atoms with Crippen molar-refractivity contribution >= 4 is 11.3 Å². The minimum atomic E-state index is 0.233. The van der Waals surface area contributed by atoms with Gasteiger partial charge in [-0.2, -0.15) is 5.26 Å². The molecule has 0 saturated carbocycles. The molecule has 0 spiro atoms. The number of pyridine rings is 1. The molecule has 0 amide bonds. The Morgan fingerprint density at radius 3 is 2.42 bits per heavy atom. The SMILES string of the molecule is C=C=C=C=C=C=C=C=C.N#Cc1c(-c2ccc3c(c2)OCCO3)ccnc1OCc1nc(CN)cs1. The fraction of sp³-hybridized carbons (Fsp3) is 0.143. The summed E-state index contributed by atoms with van der Waals surface area (Å²) in [5, 5.41) is 12.4. The van der Waals surface area contributed by atoms with Gasteiger partial charge in [0.25, 0.3) is 0 Å². The van der Waals surface area contributed by atoms with E-state index < -0.39 is 0 Å². The molecule has 2 aromatic heterocycles. The number of thiazole rings is 1. The zero-order chi connectivity index (χ0) is 25.6. The van der Waals surface area contributed by atoms with E-state index in [1.807, 2.05) is 23.6 Å². The standard InChI is InChI=1S/C19H16N4O3S.C9H4/c20-8-13-11-27-18(23-13)10-26-19-15(9-21)14(3-4-22-19)12-1-2-16-17(7-12)25-6-5-24-16;1-3-5-7-9-8-6-4-2/h1-4,7,11H,5-6,8,10,20H2;1-2H2. The van der Waals surface area contributed by atoms with Gasteiger partial charge in [0.05, 0.1) is 5.69 Å². The average molecular weight is 493 g/mol. The highest BCUT2D eigenvalue weighted by molar-refractivity contribution is 7.09. The van der Waals surface area contributed by atoms with Gasteiger partial charge in [-0.15, -0.1) is 11.3 Å². The number of benzene rings is 1. The second kappa shape index (κ2) is 13.7. The molecule has 0 atom stereocenters. The first-order chi connectivity index (χ1) is 17.7. The van der Waals surface area contributed by atoms with Crippen molar-refractivity contribution in [3.63, 3.8) is 0 Å². The van der Waals surface area contributed by atoms with Gasteiger partial charge in [-0.05, 0) is 65.6 Å². The normalized spacial score (nSPS) is 10.2. The number of ether oxygens (including phenoxy) is 3. The van der Waals surface area contributed by atoms with E-state index >= 15 is 0 Å². The Morgan fingerprint density at radius 2 is 1.75 bits per heavy atom. The Balaban J connectivity index is 0.000000345. The Labute approximate surface area is 212 Å². The van der Waals surface area contributed by atoms with Crippen LogP contribution in [0.4, 0.5) is 0 Å². The maximum atomic E-state index is 9.68. The minimum Gasteiger partial charge on any atom is -0.486 e. The summed E-state index contributed by atoms with van der Waals surface area (Å²) in [4.78, 5) is 8.57. The van der Waals surface area contributed by atoms with Gasteiger partial charge in [0.2, 0.25) is 5.88 Å². The van der Waals surface area contributed by atoms with Crippen LogP contribution in [0.5, 0.6) is 17.4 Å². The molecule has 0 unspecified atom stereocenters. The van der Waals surface area contributed by atoms with Crippen molar-refractivity contribution in [3.8, 4) is 34.6 Å². The Hall–Kier alpha value is -4.95. The predicted octanol–water partition coefficient (Wildman–Crippen LogP) is 4.77. The first-order valence-corrected chi connectivity index (χ1v) is 11.4. The van der Waals surface area contributed by atoms with Crippen LogP contribution in [-0.4, -0.2) is 23.2 Å². The minimum absolute atomic E-state index is 0.233. The van der Waals surface area contributed by atoms with Crippen LogP contribution in [0.3, 0.4) is 0 Å². The van der Waals surface area contributed by atoms with Gasteiger partial charge in [-0.3, -0.25) is 0 Å². The lowest BCUT2D eigenvalue weighted by Crippen LogP contribution is -2.15. The van der Waals surface area contributed by atoms with Gasteiger partial charge in [0.15, 0.2) is 11.5 Å². The van der Waals surface area contributed by atoms with Crippen LogP contribution in [0.1, 0.15) is 16.3 Å². The molecule has 0 radical (unpaired) electrons. The summed E-state index contributed by atoms with van der Waals surface area (Å²) in [5.74, 6) is 1.64. The molecule has 176 valence electrons. The van der Waals surface area contributed by atoms with Crippen LogP contribution >= 0.6 is 11.3 Å². The number of nitriles is 1. The summed E-state index contributed by atoms with van der Waals surface area (Å²) in [6.45, 7) is 8.19. The average Bonchev–Trinajstić information content (AvgIpc) is 3.40. The molecule has 4 rings (SSSR count). The van der Waals surface area contributed by atoms with Gasteiger partial charge in [-0.1, -0.05) is 17.5 Å². The van der Waals surface area contributed by atoms with Crippen LogP contribution in [0.2, 0.25) is 0 Å². The summed E-state index contributed by atoms with van der Waals surface area (Å²) < 4.78 is 17.0. The van der Waals surface area contributed by atoms with Crippen molar-refractivity contribution in [2.45, 2.75) is 13.2 Å². The molecule has 1 aliphatic heterocycles. The lowest BCUT2D eigenvalue weighted by Gasteiger charge is -2.19. The topological polar surface area (TPSA) is 103 Å². The van der Waals surface area contributed by atoms with Crippen LogP contribution in [0.25, 0.3) is 11.1 Å². The molecule has 8 heteroatoms. The number of nitrogens with two attached hydrogens (primary N) is 1. The molecule has 36 heavy (non-hydrogen) atoms. The zero-order valence-corrected chi connectivity index (χ0v) is 20.1. The number of hydrogen-bond donors (Lipinski definition) is 1. The summed E-state index contributed by atoms with van der Waals surface area (Å²) >= 11 is 1.47. The Morgan fingerprint density at radius 1 is 1.03 bits per heavy atom. The number of nitrogens with zero attached hydrogens (tertiary/aromatic N) is 3. The molecule has 0 aliphatic carbocycles. The molecule has 1 aliphatic rings. The van der Waals surface area contributed by atoms with Crippen molar-refractivity contribution in [3.05, 3.63) is 105 Å². The van der Waals surface area contributed by atoms with E-state index in [0.717, 1.165) is 21.8 Å². The van der Waals surface area contributed by atoms with E-state index in [1.54, 1.807) is 12.3 Å². The molecular weight excluding hydrogens is 472 g/mol. The van der Waals surface area contributed by atoms with E-state index in [-0.39, 0.29) is 12.5 Å². The van der Waals surface area contributed by atoms with Crippen molar-refractivity contribution in [1.29, 1.82) is 5.26 Å². The van der Waals surface area contributed by atoms with Crippen LogP contribution < -0.4 is 19.9 Å². The third-order valence-corrected chi connectivity index (χ3v) is 5.32. The highest BCUT2D eigenvalue weighted by atomic mass is 32.1. The number of hydrogen-bond acceptors (Lipinski definition) is 8. The van der Waals surface area contributed by atoms with Crippen molar-refractivity contribution < 1.29 is 14.2 Å². The molecule has 7 nitrogen and oxygen atoms in total. The molecule has 0 bridgehead atoms. The van der Waals surface area contributed by atoms with Crippen LogP contribution in [-0.2, 0) is 13.2 Å². The second-order valence-corrected chi connectivity index (χ2v) is 7.66. The van der Waals surface area contributed by atoms with Crippen molar-refractivity contribution in [2.75, 3.05) is 13.2 Å². The number of fused-ring (bicyclic) bond motifs is 1. The maximum absolute atomic E-state index is 9.68. The highest BCUT2D eigenvalue weighted by Crippen LogP contribution is 2.36. The van der Waals surface area contributed by atoms with Crippen LogP contribution in [0, 0.1) is 11.3 Å². The highest BCUT2D eigenvalue weighted by Gasteiger charge is 2.17. The summed E-state index contributed by atoms with van der Waals surface area (Å²) in [6.07, 6.45) is 1.62. The first-order valence-electron chi connectivity index (χ1n) is 10.5. The Kier molecular flexibility index (Phi) is 9.76. The van der Waals surface area contributed by atoms with E-state index in [0.29, 0.717) is 36.8 Å². The summed E-state index contributed by atoms with van der Waals surface area (Å²) in [7, 11) is 0. The van der Waals surface area contributed by atoms with E-state index in [2.05, 4.69) is 69.3 Å². The molecule has 1 aromatic carbocycles. The largest absolute Gasteiger partial charge is 0.486 e. The van der Waals surface area contributed by atoms with Crippen molar-refractivity contribution in [2.24, 2.45) is 5.73 Å². The first kappa shape index (κ1) is 25.7. The lowest BCUT2D eigenvalue weighted by molar-refractivity contribution is 0.171. The monoisotopic (exact) mass is 492 g/mol. The van der Waals surface area contributed by atoms with E-state index in [4.69, 9.17) is 19.9 Å². The van der Waals surface area contributed by atoms with E-state index in [9.17, 15) is 5.26 Å². The zero-order valence-electron chi connectivity index (χ0n) is 19.3. The quantitative estimate of drug-likeness (QED) is 0.512. The Bertz CT molecular complexity index is 1510. The van der Waals surface area contributed by atoms with Gasteiger partial charge in [-0.25, -0.2) is 9.97 Å². The maximum Gasteiger partial charge on any atom is 0.232 e. The predicted molar refractivity (Wildman–Crippen MR) is 136 cm³/mol. The number of aromatic nitrogens is 2. The third-order valence-electron chi connectivity index (χ3n) is 4.45. The van der Waals surface area contributed by atoms with Gasteiger partial charge in [0.1, 0.15) is 36.5 Å². The smallest absolute Gasteiger partial charge is 0.232 e. The molecular formula is C28H20N4O3S.